The van der Waals surface area contributed by atoms with E-state index in [0.29, 0.717) is 12.3 Å². The van der Waals surface area contributed by atoms with Gasteiger partial charge in [0.1, 0.15) is 11.5 Å². The van der Waals surface area contributed by atoms with Crippen LogP contribution in [0.3, 0.4) is 0 Å². The van der Waals surface area contributed by atoms with E-state index in [-0.39, 0.29) is 18.0 Å². The smallest absolute Gasteiger partial charge is 0.221 e. The van der Waals surface area contributed by atoms with Crippen molar-refractivity contribution in [2.75, 3.05) is 0 Å². The Morgan fingerprint density at radius 3 is 2.25 bits per heavy atom. The van der Waals surface area contributed by atoms with Gasteiger partial charge in [-0.3, -0.25) is 4.79 Å². The number of carbonyl (C=O) groups excluding carboxylic acids is 1. The van der Waals surface area contributed by atoms with E-state index in [1.807, 2.05) is 48.5 Å². The van der Waals surface area contributed by atoms with E-state index >= 15 is 0 Å². The zero-order valence-corrected chi connectivity index (χ0v) is 13.6. The predicted molar refractivity (Wildman–Crippen MR) is 92.9 cm³/mol. The minimum atomic E-state index is -0.170. The van der Waals surface area contributed by atoms with Gasteiger partial charge in [-0.2, -0.15) is 0 Å². The van der Waals surface area contributed by atoms with E-state index in [1.165, 1.54) is 0 Å². The molecule has 0 saturated heterocycles. The van der Waals surface area contributed by atoms with Crippen LogP contribution in [0.2, 0.25) is 0 Å². The average Bonchev–Trinajstić information content (AvgIpc) is 2.99. The molecule has 4 rings (SSSR count). The number of carbonyl (C=O) groups is 1. The number of benzene rings is 2. The highest BCUT2D eigenvalue weighted by atomic mass is 16.5. The maximum Gasteiger partial charge on any atom is 0.221 e. The number of hydrogen-bond acceptors (Lipinski definition) is 3. The summed E-state index contributed by atoms with van der Waals surface area (Å²) >= 11 is 0. The van der Waals surface area contributed by atoms with Gasteiger partial charge >= 0.3 is 0 Å². The summed E-state index contributed by atoms with van der Waals surface area (Å²) in [6.07, 6.45) is 3.71. The zero-order chi connectivity index (χ0) is 16.5. The molecule has 1 fully saturated rings. The highest BCUT2D eigenvalue weighted by molar-refractivity contribution is 5.78. The summed E-state index contributed by atoms with van der Waals surface area (Å²) < 4.78 is 5.97. The van der Waals surface area contributed by atoms with Crippen molar-refractivity contribution < 1.29 is 9.53 Å². The van der Waals surface area contributed by atoms with E-state index in [4.69, 9.17) is 10.5 Å². The third-order valence-electron chi connectivity index (χ3n) is 5.15. The number of nitrogens with two attached hydrogens (primary N) is 1. The molecule has 124 valence electrons. The van der Waals surface area contributed by atoms with Crippen molar-refractivity contribution in [2.24, 2.45) is 11.7 Å². The largest absolute Gasteiger partial charge is 0.457 e. The van der Waals surface area contributed by atoms with Crippen molar-refractivity contribution in [1.82, 2.24) is 5.32 Å². The second-order valence-electron chi connectivity index (χ2n) is 6.74. The minimum absolute atomic E-state index is 0.0638. The quantitative estimate of drug-likeness (QED) is 0.909. The Balaban J connectivity index is 1.59. The summed E-state index contributed by atoms with van der Waals surface area (Å²) in [5, 5.41) is 3.20. The first-order chi connectivity index (χ1) is 11.7. The molecule has 4 nitrogen and oxygen atoms in total. The van der Waals surface area contributed by atoms with Gasteiger partial charge < -0.3 is 15.8 Å². The van der Waals surface area contributed by atoms with Gasteiger partial charge in [0.15, 0.2) is 0 Å². The molecule has 1 saturated carbocycles. The Hall–Kier alpha value is -2.33. The molecule has 0 radical (unpaired) electrons. The van der Waals surface area contributed by atoms with Crippen molar-refractivity contribution in [3.8, 4) is 11.5 Å². The van der Waals surface area contributed by atoms with Gasteiger partial charge in [-0.15, -0.1) is 0 Å². The monoisotopic (exact) mass is 322 g/mol. The van der Waals surface area contributed by atoms with E-state index in [2.05, 4.69) is 5.32 Å². The van der Waals surface area contributed by atoms with E-state index in [0.717, 1.165) is 41.9 Å². The Morgan fingerprint density at radius 1 is 1.04 bits per heavy atom. The van der Waals surface area contributed by atoms with Crippen molar-refractivity contribution in [2.45, 2.75) is 37.8 Å². The molecule has 1 amide bonds. The molecule has 2 aromatic carbocycles. The van der Waals surface area contributed by atoms with Crippen LogP contribution in [0.4, 0.5) is 0 Å². The summed E-state index contributed by atoms with van der Waals surface area (Å²) in [4.78, 5) is 12.6. The van der Waals surface area contributed by atoms with Crippen molar-refractivity contribution in [1.29, 1.82) is 0 Å². The van der Waals surface area contributed by atoms with Gasteiger partial charge in [-0.25, -0.2) is 0 Å². The van der Waals surface area contributed by atoms with Gasteiger partial charge in [-0.1, -0.05) is 42.8 Å². The lowest BCUT2D eigenvalue weighted by molar-refractivity contribution is -0.122. The molecular formula is C20H22N2O2. The van der Waals surface area contributed by atoms with Crippen molar-refractivity contribution in [3.63, 3.8) is 0 Å². The van der Waals surface area contributed by atoms with Gasteiger partial charge in [0.25, 0.3) is 0 Å². The molecule has 0 aromatic heterocycles. The Morgan fingerprint density at radius 2 is 1.67 bits per heavy atom. The molecule has 2 atom stereocenters. The highest BCUT2D eigenvalue weighted by Gasteiger charge is 2.30. The van der Waals surface area contributed by atoms with Gasteiger partial charge in [-0.05, 0) is 30.9 Å². The molecule has 0 bridgehead atoms. The molecule has 0 spiro atoms. The molecule has 2 aromatic rings. The van der Waals surface area contributed by atoms with Crippen LogP contribution >= 0.6 is 0 Å². The SMILES string of the molecule is N[C@@H]1CCC[C@H]1CC(=O)NC1c2ccccc2Oc2ccccc21. The number of rotatable bonds is 3. The maximum absolute atomic E-state index is 12.6. The molecule has 3 N–H and O–H groups in total. The van der Waals surface area contributed by atoms with E-state index in [1.54, 1.807) is 0 Å². The van der Waals surface area contributed by atoms with Gasteiger partial charge in [0, 0.05) is 23.6 Å². The topological polar surface area (TPSA) is 64.4 Å². The molecule has 4 heteroatoms. The zero-order valence-electron chi connectivity index (χ0n) is 13.6. The number of amides is 1. The standard InChI is InChI=1S/C20H22N2O2/c21-16-9-5-6-13(16)12-19(23)22-20-14-7-1-3-10-17(14)24-18-11-4-2-8-15(18)20/h1-4,7-8,10-11,13,16,20H,5-6,9,12,21H2,(H,22,23)/t13-,16+/m0/s1. The predicted octanol–water partition coefficient (Wildman–Crippen LogP) is 3.52. The summed E-state index contributed by atoms with van der Waals surface area (Å²) in [6.45, 7) is 0. The molecule has 0 unspecified atom stereocenters. The Labute approximate surface area is 142 Å². The van der Waals surface area contributed by atoms with Crippen molar-refractivity contribution >= 4 is 5.91 Å². The normalized spacial score (nSPS) is 22.4. The average molecular weight is 322 g/mol. The molecule has 1 heterocycles. The molecule has 2 aliphatic rings. The molecular weight excluding hydrogens is 300 g/mol. The first-order valence-electron chi connectivity index (χ1n) is 8.63. The van der Waals surface area contributed by atoms with E-state index in [9.17, 15) is 4.79 Å². The molecule has 1 aliphatic heterocycles. The lowest BCUT2D eigenvalue weighted by atomic mass is 9.93. The van der Waals surface area contributed by atoms with Gasteiger partial charge in [0.05, 0.1) is 6.04 Å². The van der Waals surface area contributed by atoms with Crippen LogP contribution < -0.4 is 15.8 Å². The fourth-order valence-electron chi connectivity index (χ4n) is 3.84. The van der Waals surface area contributed by atoms with Gasteiger partial charge in [0.2, 0.25) is 5.91 Å². The number of para-hydroxylation sites is 2. The van der Waals surface area contributed by atoms with Crippen LogP contribution in [-0.4, -0.2) is 11.9 Å². The number of ether oxygens (including phenoxy) is 1. The maximum atomic E-state index is 12.6. The number of nitrogens with one attached hydrogen (secondary N) is 1. The van der Waals surface area contributed by atoms with Crippen LogP contribution in [0.15, 0.2) is 48.5 Å². The highest BCUT2D eigenvalue weighted by Crippen LogP contribution is 2.42. The van der Waals surface area contributed by atoms with Crippen LogP contribution in [0, 0.1) is 5.92 Å². The van der Waals surface area contributed by atoms with Crippen LogP contribution in [0.1, 0.15) is 42.9 Å². The van der Waals surface area contributed by atoms with Crippen molar-refractivity contribution in [3.05, 3.63) is 59.7 Å². The summed E-state index contributed by atoms with van der Waals surface area (Å²) in [6, 6.07) is 15.7. The second kappa shape index (κ2) is 6.29. The minimum Gasteiger partial charge on any atom is -0.457 e. The summed E-state index contributed by atoms with van der Waals surface area (Å²) in [5.74, 6) is 1.97. The third-order valence-corrected chi connectivity index (χ3v) is 5.15. The first-order valence-corrected chi connectivity index (χ1v) is 8.63. The summed E-state index contributed by atoms with van der Waals surface area (Å²) in [5.41, 5.74) is 8.11. The molecule has 24 heavy (non-hydrogen) atoms. The fraction of sp³-hybridized carbons (Fsp3) is 0.350. The molecule has 1 aliphatic carbocycles. The van der Waals surface area contributed by atoms with Crippen LogP contribution in [-0.2, 0) is 4.79 Å². The van der Waals surface area contributed by atoms with Crippen LogP contribution in [0.25, 0.3) is 0 Å². The summed E-state index contributed by atoms with van der Waals surface area (Å²) in [7, 11) is 0. The lowest BCUT2D eigenvalue weighted by Crippen LogP contribution is -2.35. The number of hydrogen-bond donors (Lipinski definition) is 2. The lowest BCUT2D eigenvalue weighted by Gasteiger charge is -2.29. The van der Waals surface area contributed by atoms with E-state index < -0.39 is 0 Å². The third kappa shape index (κ3) is 2.78. The number of fused-ring (bicyclic) bond motifs is 2. The fourth-order valence-corrected chi connectivity index (χ4v) is 3.84. The van der Waals surface area contributed by atoms with Crippen LogP contribution in [0.5, 0.6) is 11.5 Å². The first kappa shape index (κ1) is 15.2. The Bertz CT molecular complexity index is 713. The second-order valence-corrected chi connectivity index (χ2v) is 6.74. The Kier molecular flexibility index (Phi) is 3.98.